The van der Waals surface area contributed by atoms with E-state index >= 15 is 0 Å². The van der Waals surface area contributed by atoms with Crippen molar-refractivity contribution in [3.63, 3.8) is 0 Å². The molecule has 2 heterocycles. The fraction of sp³-hybridized carbons (Fsp3) is 0.353. The standard InChI is InChI=1S/C17H20N2O3/c1-21-12-10-18-8-4-9-19(16-6-3-2-5-15(16)18)17(20)14-7-11-22-13-14/h2-3,5-7,11,13H,4,8-10,12H2,1H3. The average Bonchev–Trinajstić information content (AvgIpc) is 3.02. The van der Waals surface area contributed by atoms with Crippen molar-refractivity contribution in [1.29, 1.82) is 0 Å². The predicted octanol–water partition coefficient (Wildman–Crippen LogP) is 2.78. The zero-order valence-corrected chi connectivity index (χ0v) is 12.7. The Balaban J connectivity index is 1.93. The molecule has 1 aromatic carbocycles. The van der Waals surface area contributed by atoms with Gasteiger partial charge in [-0.2, -0.15) is 0 Å². The molecule has 116 valence electrons. The Morgan fingerprint density at radius 1 is 1.23 bits per heavy atom. The molecule has 5 nitrogen and oxygen atoms in total. The summed E-state index contributed by atoms with van der Waals surface area (Å²) in [4.78, 5) is 16.8. The maximum Gasteiger partial charge on any atom is 0.261 e. The van der Waals surface area contributed by atoms with Crippen molar-refractivity contribution < 1.29 is 13.9 Å². The van der Waals surface area contributed by atoms with Crippen LogP contribution in [0.15, 0.2) is 47.3 Å². The van der Waals surface area contributed by atoms with Crippen LogP contribution < -0.4 is 9.80 Å². The van der Waals surface area contributed by atoms with E-state index in [1.165, 1.54) is 12.5 Å². The number of furan rings is 1. The van der Waals surface area contributed by atoms with Gasteiger partial charge in [0.05, 0.1) is 29.8 Å². The molecule has 1 aliphatic rings. The van der Waals surface area contributed by atoms with Crippen LogP contribution in [0.5, 0.6) is 0 Å². The number of amides is 1. The first kappa shape index (κ1) is 14.7. The lowest BCUT2D eigenvalue weighted by atomic mass is 10.2. The van der Waals surface area contributed by atoms with Gasteiger partial charge >= 0.3 is 0 Å². The molecule has 1 aliphatic heterocycles. The quantitative estimate of drug-likeness (QED) is 0.871. The SMILES string of the molecule is COCCN1CCCN(C(=O)c2ccoc2)c2ccccc21. The van der Waals surface area contributed by atoms with Gasteiger partial charge < -0.3 is 19.0 Å². The largest absolute Gasteiger partial charge is 0.472 e. The van der Waals surface area contributed by atoms with Crippen LogP contribution in [0.2, 0.25) is 0 Å². The molecule has 0 bridgehead atoms. The molecule has 0 N–H and O–H groups in total. The van der Waals surface area contributed by atoms with Gasteiger partial charge in [0.25, 0.3) is 5.91 Å². The number of anilines is 2. The highest BCUT2D eigenvalue weighted by molar-refractivity contribution is 6.07. The van der Waals surface area contributed by atoms with Crippen molar-refractivity contribution in [3.05, 3.63) is 48.4 Å². The van der Waals surface area contributed by atoms with E-state index in [0.29, 0.717) is 18.7 Å². The maximum absolute atomic E-state index is 12.7. The van der Waals surface area contributed by atoms with Gasteiger partial charge in [0.15, 0.2) is 0 Å². The van der Waals surface area contributed by atoms with Crippen LogP contribution in [-0.4, -0.2) is 39.3 Å². The zero-order chi connectivity index (χ0) is 15.4. The van der Waals surface area contributed by atoms with Crippen molar-refractivity contribution in [3.8, 4) is 0 Å². The summed E-state index contributed by atoms with van der Waals surface area (Å²) in [5.74, 6) is -0.0187. The number of rotatable bonds is 4. The molecular formula is C17H20N2O3. The molecule has 0 saturated heterocycles. The number of carbonyl (C=O) groups is 1. The number of carbonyl (C=O) groups excluding carboxylic acids is 1. The van der Waals surface area contributed by atoms with E-state index in [1.54, 1.807) is 13.2 Å². The summed E-state index contributed by atoms with van der Waals surface area (Å²) in [7, 11) is 1.71. The Labute approximate surface area is 130 Å². The first-order valence-corrected chi connectivity index (χ1v) is 7.48. The van der Waals surface area contributed by atoms with E-state index in [0.717, 1.165) is 30.9 Å². The summed E-state index contributed by atoms with van der Waals surface area (Å²) in [5, 5.41) is 0. The third-order valence-corrected chi connectivity index (χ3v) is 3.90. The first-order chi connectivity index (χ1) is 10.8. The summed E-state index contributed by atoms with van der Waals surface area (Å²) in [6, 6.07) is 9.74. The van der Waals surface area contributed by atoms with Crippen molar-refractivity contribution in [2.75, 3.05) is 43.2 Å². The third-order valence-electron chi connectivity index (χ3n) is 3.90. The second-order valence-electron chi connectivity index (χ2n) is 5.29. The van der Waals surface area contributed by atoms with Crippen LogP contribution >= 0.6 is 0 Å². The smallest absolute Gasteiger partial charge is 0.261 e. The van der Waals surface area contributed by atoms with Crippen LogP contribution in [0.3, 0.4) is 0 Å². The molecule has 5 heteroatoms. The number of para-hydroxylation sites is 2. The van der Waals surface area contributed by atoms with Gasteiger partial charge in [0, 0.05) is 26.7 Å². The molecule has 22 heavy (non-hydrogen) atoms. The average molecular weight is 300 g/mol. The van der Waals surface area contributed by atoms with E-state index in [4.69, 9.17) is 9.15 Å². The minimum Gasteiger partial charge on any atom is -0.472 e. The summed E-state index contributed by atoms with van der Waals surface area (Å²) >= 11 is 0. The molecule has 0 radical (unpaired) electrons. The Morgan fingerprint density at radius 2 is 2.05 bits per heavy atom. The van der Waals surface area contributed by atoms with Gasteiger partial charge in [-0.3, -0.25) is 4.79 Å². The zero-order valence-electron chi connectivity index (χ0n) is 12.7. The lowest BCUT2D eigenvalue weighted by Crippen LogP contribution is -2.31. The first-order valence-electron chi connectivity index (χ1n) is 7.48. The summed E-state index contributed by atoms with van der Waals surface area (Å²) in [6.07, 6.45) is 3.95. The van der Waals surface area contributed by atoms with E-state index in [9.17, 15) is 4.79 Å². The van der Waals surface area contributed by atoms with Crippen molar-refractivity contribution in [1.82, 2.24) is 0 Å². The monoisotopic (exact) mass is 300 g/mol. The van der Waals surface area contributed by atoms with Crippen LogP contribution in [0, 0.1) is 0 Å². The second-order valence-corrected chi connectivity index (χ2v) is 5.29. The highest BCUT2D eigenvalue weighted by Crippen LogP contribution is 2.33. The fourth-order valence-corrected chi connectivity index (χ4v) is 2.81. The molecule has 0 fully saturated rings. The second kappa shape index (κ2) is 6.66. The van der Waals surface area contributed by atoms with Crippen LogP contribution in [0.4, 0.5) is 11.4 Å². The van der Waals surface area contributed by atoms with Crippen molar-refractivity contribution in [2.24, 2.45) is 0 Å². The maximum atomic E-state index is 12.7. The predicted molar refractivity (Wildman–Crippen MR) is 85.5 cm³/mol. The Kier molecular flexibility index (Phi) is 4.44. The number of fused-ring (bicyclic) bond motifs is 1. The molecule has 1 aromatic heterocycles. The summed E-state index contributed by atoms with van der Waals surface area (Å²) in [6.45, 7) is 3.10. The molecule has 0 saturated carbocycles. The number of hydrogen-bond acceptors (Lipinski definition) is 4. The topological polar surface area (TPSA) is 45.9 Å². The minimum absolute atomic E-state index is 0.0187. The fourth-order valence-electron chi connectivity index (χ4n) is 2.81. The van der Waals surface area contributed by atoms with Crippen LogP contribution in [0.25, 0.3) is 0 Å². The van der Waals surface area contributed by atoms with Gasteiger partial charge in [0.1, 0.15) is 6.26 Å². The van der Waals surface area contributed by atoms with Gasteiger partial charge in [-0.15, -0.1) is 0 Å². The molecular weight excluding hydrogens is 280 g/mol. The van der Waals surface area contributed by atoms with Gasteiger partial charge in [0.2, 0.25) is 0 Å². The molecule has 3 rings (SSSR count). The van der Waals surface area contributed by atoms with Gasteiger partial charge in [-0.25, -0.2) is 0 Å². The molecule has 2 aromatic rings. The lowest BCUT2D eigenvalue weighted by molar-refractivity contribution is 0.0986. The number of ether oxygens (including phenoxy) is 1. The number of benzene rings is 1. The minimum atomic E-state index is -0.0187. The van der Waals surface area contributed by atoms with E-state index in [1.807, 2.05) is 23.1 Å². The normalized spacial score (nSPS) is 14.6. The van der Waals surface area contributed by atoms with Crippen molar-refractivity contribution in [2.45, 2.75) is 6.42 Å². The Hall–Kier alpha value is -2.27. The third kappa shape index (κ3) is 2.85. The Bertz CT molecular complexity index is 625. The highest BCUT2D eigenvalue weighted by atomic mass is 16.5. The van der Waals surface area contributed by atoms with Crippen molar-refractivity contribution >= 4 is 17.3 Å². The number of methoxy groups -OCH3 is 1. The van der Waals surface area contributed by atoms with E-state index in [2.05, 4.69) is 11.0 Å². The number of hydrogen-bond donors (Lipinski definition) is 0. The lowest BCUT2D eigenvalue weighted by Gasteiger charge is -2.26. The molecule has 0 unspecified atom stereocenters. The summed E-state index contributed by atoms with van der Waals surface area (Å²) < 4.78 is 10.2. The highest BCUT2D eigenvalue weighted by Gasteiger charge is 2.25. The summed E-state index contributed by atoms with van der Waals surface area (Å²) in [5.41, 5.74) is 2.61. The molecule has 1 amide bonds. The molecule has 0 aliphatic carbocycles. The van der Waals surface area contributed by atoms with Crippen LogP contribution in [-0.2, 0) is 4.74 Å². The van der Waals surface area contributed by atoms with Crippen LogP contribution in [0.1, 0.15) is 16.8 Å². The van der Waals surface area contributed by atoms with Gasteiger partial charge in [-0.1, -0.05) is 12.1 Å². The van der Waals surface area contributed by atoms with E-state index < -0.39 is 0 Å². The van der Waals surface area contributed by atoms with E-state index in [-0.39, 0.29) is 5.91 Å². The van der Waals surface area contributed by atoms with Gasteiger partial charge in [-0.05, 0) is 24.6 Å². The molecule has 0 spiro atoms. The Morgan fingerprint density at radius 3 is 2.77 bits per heavy atom. The number of nitrogens with zero attached hydrogens (tertiary/aromatic N) is 2. The molecule has 0 atom stereocenters.